The van der Waals surface area contributed by atoms with E-state index in [1.165, 1.54) is 4.90 Å². The number of hydrogen-bond donors (Lipinski definition) is 5. The van der Waals surface area contributed by atoms with Crippen LogP contribution in [-0.4, -0.2) is 155 Å². The molecule has 4 unspecified atom stereocenters. The van der Waals surface area contributed by atoms with Gasteiger partial charge in [0.2, 0.25) is 5.91 Å². The number of phenols is 1. The van der Waals surface area contributed by atoms with Crippen molar-refractivity contribution in [3.63, 3.8) is 0 Å². The van der Waals surface area contributed by atoms with Crippen LogP contribution in [0.15, 0.2) is 72.9 Å². The molecule has 19 heteroatoms. The monoisotopic (exact) mass is 1130 g/mol. The first-order valence-electron chi connectivity index (χ1n) is 28.5. The highest BCUT2D eigenvalue weighted by Gasteiger charge is 2.48. The van der Waals surface area contributed by atoms with E-state index >= 15 is 0 Å². The van der Waals surface area contributed by atoms with Gasteiger partial charge in [-0.15, -0.1) is 0 Å². The zero-order chi connectivity index (χ0) is 57.7. The number of hydrazine groups is 1. The number of carbonyl (C=O) groups excluding carboxylic acids is 3. The second-order valence-corrected chi connectivity index (χ2v) is 26.3. The maximum atomic E-state index is 14.9. The molecule has 18 nitrogen and oxygen atoms in total. The molecule has 10 atom stereocenters. The predicted octanol–water partition coefficient (Wildman–Crippen LogP) is 6.10. The van der Waals surface area contributed by atoms with Crippen molar-refractivity contribution in [3.05, 3.63) is 101 Å². The van der Waals surface area contributed by atoms with Gasteiger partial charge in [0.1, 0.15) is 30.2 Å². The van der Waals surface area contributed by atoms with Crippen LogP contribution in [0, 0.1) is 23.2 Å². The Morgan fingerprint density at radius 2 is 1.84 bits per heavy atom. The fraction of sp³-hybridized carbons (Fsp3) is 0.516. The number of benzene rings is 3. The van der Waals surface area contributed by atoms with Gasteiger partial charge in [-0.05, 0) is 129 Å². The van der Waals surface area contributed by atoms with Gasteiger partial charge >= 0.3 is 5.97 Å². The van der Waals surface area contributed by atoms with E-state index in [1.54, 1.807) is 49.6 Å². The molecule has 5 aromatic rings. The fourth-order valence-electron chi connectivity index (χ4n) is 13.0. The number of pyridine rings is 1. The Bertz CT molecular complexity index is 3370. The van der Waals surface area contributed by atoms with Crippen molar-refractivity contribution in [3.8, 4) is 40.0 Å². The van der Waals surface area contributed by atoms with Gasteiger partial charge in [0.25, 0.3) is 5.91 Å². The average molecular weight is 1130 g/mol. The Balaban J connectivity index is 1.02. The number of hydrogen-bond acceptors (Lipinski definition) is 15. The summed E-state index contributed by atoms with van der Waals surface area (Å²) in [5.74, 6) is 4.97. The molecule has 5 aliphatic heterocycles. The fourth-order valence-corrected chi connectivity index (χ4v) is 15.1. The smallest absolute Gasteiger partial charge is 0.324 e. The number of nitrogens with zero attached hydrogens (tertiary/aromatic N) is 5. The Morgan fingerprint density at radius 1 is 1.06 bits per heavy atom. The summed E-state index contributed by atoms with van der Waals surface area (Å²) < 4.78 is 45.5. The Labute approximate surface area is 475 Å². The summed E-state index contributed by atoms with van der Waals surface area (Å²) in [4.78, 5) is 52.2. The first-order valence-corrected chi connectivity index (χ1v) is 30.2. The van der Waals surface area contributed by atoms with Crippen LogP contribution in [0.5, 0.6) is 5.75 Å². The third-order valence-corrected chi connectivity index (χ3v) is 19.4. The number of aryl methyl sites for hydroxylation is 1. The molecular weight excluding hydrogens is 1050 g/mol. The molecule has 6 N–H and O–H groups in total. The highest BCUT2D eigenvalue weighted by Crippen LogP contribution is 2.43. The minimum atomic E-state index is -3.04. The lowest BCUT2D eigenvalue weighted by Crippen LogP contribution is -2.64. The largest absolute Gasteiger partial charge is 0.508 e. The van der Waals surface area contributed by atoms with Gasteiger partial charge in [0.05, 0.1) is 47.7 Å². The summed E-state index contributed by atoms with van der Waals surface area (Å²) in [7, 11) is 0.232. The van der Waals surface area contributed by atoms with Crippen molar-refractivity contribution in [1.82, 2.24) is 35.1 Å². The lowest BCUT2D eigenvalue weighted by Gasteiger charge is -2.40. The van der Waals surface area contributed by atoms with Crippen LogP contribution >= 0.6 is 0 Å². The van der Waals surface area contributed by atoms with Crippen molar-refractivity contribution >= 4 is 44.2 Å². The lowest BCUT2D eigenvalue weighted by atomic mass is 9.84. The van der Waals surface area contributed by atoms with Crippen LogP contribution in [0.1, 0.15) is 107 Å². The Hall–Kier alpha value is -6.37. The second-order valence-electron chi connectivity index (χ2n) is 24.0. The number of phenolic OH excluding ortho intramolecular Hbond substituents is 1. The number of rotatable bonds is 11. The van der Waals surface area contributed by atoms with Crippen molar-refractivity contribution in [2.24, 2.45) is 11.3 Å². The lowest BCUT2D eigenvalue weighted by molar-refractivity contribution is -0.157. The van der Waals surface area contributed by atoms with E-state index in [4.69, 9.17) is 24.9 Å². The highest BCUT2D eigenvalue weighted by molar-refractivity contribution is 7.92. The van der Waals surface area contributed by atoms with Crippen molar-refractivity contribution in [1.29, 1.82) is 0 Å². The molecule has 10 rings (SSSR count). The van der Waals surface area contributed by atoms with E-state index in [9.17, 15) is 33.0 Å². The number of likely N-dealkylation sites (tertiary alicyclic amines) is 1. The zero-order valence-electron chi connectivity index (χ0n) is 47.8. The topological polar surface area (TPSA) is 231 Å². The number of ether oxygens (including phenoxy) is 3. The van der Waals surface area contributed by atoms with Gasteiger partial charge < -0.3 is 44.9 Å². The van der Waals surface area contributed by atoms with Gasteiger partial charge in [-0.3, -0.25) is 24.3 Å². The van der Waals surface area contributed by atoms with Crippen LogP contribution in [0.4, 0.5) is 5.69 Å². The summed E-state index contributed by atoms with van der Waals surface area (Å²) >= 11 is 0. The first-order chi connectivity index (χ1) is 38.6. The van der Waals surface area contributed by atoms with Crippen LogP contribution < -0.4 is 16.5 Å². The number of aliphatic hydroxyl groups is 1. The number of cyclic esters (lactones) is 1. The molecule has 3 aromatic carbocycles. The minimum absolute atomic E-state index is 0.00859. The normalized spacial score (nSPS) is 26.1. The van der Waals surface area contributed by atoms with E-state index in [-0.39, 0.29) is 53.6 Å². The van der Waals surface area contributed by atoms with Crippen molar-refractivity contribution in [2.45, 2.75) is 140 Å². The third kappa shape index (κ3) is 12.0. The van der Waals surface area contributed by atoms with Crippen molar-refractivity contribution in [2.75, 3.05) is 58.5 Å². The number of carbonyl (C=O) groups is 3. The van der Waals surface area contributed by atoms with E-state index in [1.807, 2.05) is 45.0 Å². The second kappa shape index (κ2) is 23.5. The molecule has 2 aromatic heterocycles. The first kappa shape index (κ1) is 57.8. The summed E-state index contributed by atoms with van der Waals surface area (Å²) in [6.07, 6.45) is 1.97. The number of anilines is 1. The molecule has 0 spiro atoms. The molecule has 432 valence electrons. The number of aromatic nitrogens is 2. The number of aromatic hydroxyl groups is 1. The van der Waals surface area contributed by atoms with E-state index in [0.717, 1.165) is 44.5 Å². The van der Waals surface area contributed by atoms with Gasteiger partial charge in [-0.25, -0.2) is 18.9 Å². The quantitative estimate of drug-likeness (QED) is 0.0571. The van der Waals surface area contributed by atoms with Gasteiger partial charge in [-0.1, -0.05) is 63.8 Å². The zero-order valence-corrected chi connectivity index (χ0v) is 48.6. The van der Waals surface area contributed by atoms with Crippen LogP contribution in [-0.2, 0) is 57.8 Å². The summed E-state index contributed by atoms with van der Waals surface area (Å²) in [5.41, 5.74) is 17.4. The standard InChI is InChI=1S/C62H78N8O10S/c1-9-69-53-19-16-41-29-48(53)50(56(69)49-26-38(32-64-54(49)37(4)78-8)12-10-21-68-33-46-30-44(68)34-81(46,76)77)31-62(5,6)35-80-61(75)51-13-11-22-70(66-51)59(73)52(27-39-24-42(41)28-45(71)25-39)65-58(72)55(36(2)3)67(7)60(74)57-47(20-23-79-57)40-14-17-43(63)18-15-40/h14-19,24-26,28-29,32,36-37,44,46-47,51-52,55,57,59,66,71,73H,9,11,13,20-23,27,30-31,33-35,63H2,1-8H3,(H,65,72)/t37-,44+,46+,47?,51?,52-,55-,57+,59?/m0/s1. The van der Waals surface area contributed by atoms with Crippen LogP contribution in [0.3, 0.4) is 0 Å². The number of likely N-dealkylation sites (N-methyl/N-ethyl adjacent to an activating group) is 1. The average Bonchev–Trinajstić information content (AvgIpc) is 3.87. The number of sulfone groups is 1. The molecule has 0 saturated carbocycles. The van der Waals surface area contributed by atoms with E-state index in [2.05, 4.69) is 71.0 Å². The van der Waals surface area contributed by atoms with E-state index in [0.29, 0.717) is 87.3 Å². The molecule has 5 aliphatic rings. The van der Waals surface area contributed by atoms with Gasteiger partial charge in [-0.2, -0.15) is 0 Å². The maximum absolute atomic E-state index is 14.9. The third-order valence-electron chi connectivity index (χ3n) is 17.2. The molecule has 81 heavy (non-hydrogen) atoms. The molecule has 0 radical (unpaired) electrons. The van der Waals surface area contributed by atoms with Crippen LogP contribution in [0.25, 0.3) is 33.3 Å². The SMILES string of the molecule is CCn1c(-c2cc(C#CCN3C[C@H]4C[C@@H]3CS4(=O)=O)cnc2[C@H](C)OC)c2c3cc(ccc31)-c1cc(O)cc(c1)C[C@H](NC(=O)[C@H](C(C)C)N(C)C(=O)[C@@H]1OCCC1c1ccc(N)cc1)C(O)N1CCCC(N1)C(=O)OCC(C)(C)C2. The summed E-state index contributed by atoms with van der Waals surface area (Å²) in [6, 6.07) is 18.2. The summed E-state index contributed by atoms with van der Waals surface area (Å²) in [6.45, 7) is 14.3. The predicted molar refractivity (Wildman–Crippen MR) is 310 cm³/mol. The number of nitrogens with one attached hydrogen (secondary N) is 2. The van der Waals surface area contributed by atoms with Gasteiger partial charge in [0, 0.05) is 91.7 Å². The van der Waals surface area contributed by atoms with Crippen LogP contribution in [0.2, 0.25) is 0 Å². The number of esters is 1. The molecule has 0 aliphatic carbocycles. The Morgan fingerprint density at radius 3 is 2.54 bits per heavy atom. The van der Waals surface area contributed by atoms with E-state index < -0.39 is 63.7 Å². The summed E-state index contributed by atoms with van der Waals surface area (Å²) in [5, 5.41) is 29.4. The van der Waals surface area contributed by atoms with Crippen molar-refractivity contribution < 1.29 is 47.2 Å². The molecule has 8 bridgehead atoms. The number of nitrogens with two attached hydrogens (primary N) is 1. The maximum Gasteiger partial charge on any atom is 0.324 e. The molecule has 2 amide bonds. The molecule has 4 fully saturated rings. The Kier molecular flexibility index (Phi) is 16.8. The minimum Gasteiger partial charge on any atom is -0.508 e. The number of nitrogen functional groups attached to an aromatic ring is 1. The molecular formula is C62H78N8O10S. The molecule has 4 saturated heterocycles. The number of methoxy groups -OCH3 is 1. The number of aliphatic hydroxyl groups excluding tert-OH is 1. The molecule has 7 heterocycles. The number of amides is 2. The number of fused-ring (bicyclic) bond motifs is 8. The van der Waals surface area contributed by atoms with Gasteiger partial charge in [0.15, 0.2) is 9.84 Å². The highest BCUT2D eigenvalue weighted by atomic mass is 32.2.